The minimum Gasteiger partial charge on any atom is -0.373 e. The van der Waals surface area contributed by atoms with Crippen molar-refractivity contribution in [2.75, 3.05) is 13.2 Å². The van der Waals surface area contributed by atoms with Gasteiger partial charge < -0.3 is 4.74 Å². The smallest absolute Gasteiger partial charge is 0.158 e. The van der Waals surface area contributed by atoms with Crippen molar-refractivity contribution in [3.63, 3.8) is 0 Å². The maximum absolute atomic E-state index is 11.4. The van der Waals surface area contributed by atoms with E-state index in [1.54, 1.807) is 0 Å². The fourth-order valence-electron chi connectivity index (χ4n) is 1.75. The normalized spacial score (nSPS) is 18.9. The van der Waals surface area contributed by atoms with E-state index in [1.165, 1.54) is 5.57 Å². The first-order chi connectivity index (χ1) is 7.74. The molecule has 0 radical (unpaired) electrons. The third kappa shape index (κ3) is 4.75. The van der Waals surface area contributed by atoms with E-state index in [1.807, 2.05) is 6.08 Å². The number of rotatable bonds is 8. The van der Waals surface area contributed by atoms with E-state index < -0.39 is 0 Å². The zero-order chi connectivity index (χ0) is 11.8. The lowest BCUT2D eigenvalue weighted by Crippen LogP contribution is -2.13. The summed E-state index contributed by atoms with van der Waals surface area (Å²) in [5.74, 6) is 0.612. The Hall–Kier alpha value is -0.890. The van der Waals surface area contributed by atoms with Gasteiger partial charge in [0.25, 0.3) is 0 Å². The number of carbonyl (C=O) groups is 1. The van der Waals surface area contributed by atoms with E-state index in [0.717, 1.165) is 19.3 Å². The molecule has 1 aliphatic carbocycles. The van der Waals surface area contributed by atoms with Gasteiger partial charge in [-0.15, -0.1) is 0 Å². The summed E-state index contributed by atoms with van der Waals surface area (Å²) in [6.45, 7) is 5.15. The maximum Gasteiger partial charge on any atom is 0.158 e. The summed E-state index contributed by atoms with van der Waals surface area (Å²) < 4.78 is 5.44. The average molecular weight is 222 g/mol. The van der Waals surface area contributed by atoms with Crippen molar-refractivity contribution in [3.8, 4) is 0 Å². The Morgan fingerprint density at radius 3 is 2.88 bits per heavy atom. The largest absolute Gasteiger partial charge is 0.373 e. The van der Waals surface area contributed by atoms with Crippen molar-refractivity contribution < 1.29 is 9.53 Å². The molecule has 16 heavy (non-hydrogen) atoms. The Labute approximate surface area is 98.4 Å². The van der Waals surface area contributed by atoms with Crippen molar-refractivity contribution in [1.82, 2.24) is 0 Å². The van der Waals surface area contributed by atoms with Crippen LogP contribution in [0, 0.1) is 5.92 Å². The molecular formula is C14H22O2. The molecule has 0 saturated heterocycles. The molecule has 0 aliphatic heterocycles. The van der Waals surface area contributed by atoms with Gasteiger partial charge in [-0.1, -0.05) is 43.6 Å². The van der Waals surface area contributed by atoms with Crippen molar-refractivity contribution >= 4 is 5.78 Å². The van der Waals surface area contributed by atoms with Crippen LogP contribution < -0.4 is 0 Å². The highest BCUT2D eigenvalue weighted by molar-refractivity contribution is 5.79. The Kier molecular flexibility index (Phi) is 6.09. The second kappa shape index (κ2) is 7.39. The lowest BCUT2D eigenvalue weighted by atomic mass is 10.1. The van der Waals surface area contributed by atoms with Gasteiger partial charge in [0.05, 0.1) is 6.61 Å². The van der Waals surface area contributed by atoms with Crippen molar-refractivity contribution in [3.05, 3.63) is 23.8 Å². The van der Waals surface area contributed by atoms with Crippen LogP contribution in [-0.2, 0) is 9.53 Å². The molecule has 1 unspecified atom stereocenters. The quantitative estimate of drug-likeness (QED) is 0.589. The second-order valence-corrected chi connectivity index (χ2v) is 4.41. The predicted octanol–water partition coefficient (Wildman–Crippen LogP) is 3.28. The number of unbranched alkanes of at least 4 members (excludes halogenated alkanes) is 2. The topological polar surface area (TPSA) is 26.3 Å². The van der Waals surface area contributed by atoms with Crippen LogP contribution in [0.1, 0.15) is 39.5 Å². The molecule has 1 atom stereocenters. The van der Waals surface area contributed by atoms with E-state index in [4.69, 9.17) is 4.74 Å². The zero-order valence-corrected chi connectivity index (χ0v) is 10.4. The second-order valence-electron chi connectivity index (χ2n) is 4.41. The predicted molar refractivity (Wildman–Crippen MR) is 66.4 cm³/mol. The molecule has 0 N–H and O–H groups in total. The summed E-state index contributed by atoms with van der Waals surface area (Å²) >= 11 is 0. The van der Waals surface area contributed by atoms with Gasteiger partial charge in [0.2, 0.25) is 0 Å². The number of ketones is 1. The monoisotopic (exact) mass is 222 g/mol. The summed E-state index contributed by atoms with van der Waals surface area (Å²) in [6, 6.07) is 0. The summed E-state index contributed by atoms with van der Waals surface area (Å²) in [5, 5.41) is 0. The minimum atomic E-state index is 0.233. The molecule has 2 nitrogen and oxygen atoms in total. The van der Waals surface area contributed by atoms with Crippen molar-refractivity contribution in [2.45, 2.75) is 39.5 Å². The number of Topliss-reactive ketones (excluding diaryl/α,β-unsaturated/α-hetero) is 1. The molecular weight excluding hydrogens is 200 g/mol. The Morgan fingerprint density at radius 2 is 2.25 bits per heavy atom. The van der Waals surface area contributed by atoms with Gasteiger partial charge in [-0.2, -0.15) is 0 Å². The van der Waals surface area contributed by atoms with Crippen LogP contribution in [-0.4, -0.2) is 19.0 Å². The highest BCUT2D eigenvalue weighted by Crippen LogP contribution is 2.18. The summed E-state index contributed by atoms with van der Waals surface area (Å²) in [7, 11) is 0. The molecule has 0 aromatic rings. The molecule has 2 heteroatoms. The van der Waals surface area contributed by atoms with Crippen LogP contribution in [0.5, 0.6) is 0 Å². The molecule has 0 spiro atoms. The minimum absolute atomic E-state index is 0.233. The molecule has 0 heterocycles. The van der Waals surface area contributed by atoms with Gasteiger partial charge in [-0.05, 0) is 13.3 Å². The first kappa shape index (κ1) is 13.2. The van der Waals surface area contributed by atoms with Crippen LogP contribution in [0.4, 0.5) is 0 Å². The fraction of sp³-hybridized carbons (Fsp3) is 0.643. The third-order valence-electron chi connectivity index (χ3n) is 2.91. The van der Waals surface area contributed by atoms with Gasteiger partial charge in [-0.25, -0.2) is 0 Å². The van der Waals surface area contributed by atoms with Gasteiger partial charge in [0.1, 0.15) is 6.61 Å². The highest BCUT2D eigenvalue weighted by Gasteiger charge is 2.11. The van der Waals surface area contributed by atoms with Gasteiger partial charge in [0.15, 0.2) is 5.78 Å². The van der Waals surface area contributed by atoms with Crippen molar-refractivity contribution in [1.29, 1.82) is 0 Å². The lowest BCUT2D eigenvalue weighted by Gasteiger charge is -2.10. The van der Waals surface area contributed by atoms with E-state index in [0.29, 0.717) is 18.9 Å². The number of ether oxygens (including phenoxy) is 1. The average Bonchev–Trinajstić information content (AvgIpc) is 2.65. The number of hydrogen-bond donors (Lipinski definition) is 0. The molecule has 0 fully saturated rings. The highest BCUT2D eigenvalue weighted by atomic mass is 16.5. The molecule has 0 saturated carbocycles. The molecule has 1 aliphatic rings. The summed E-state index contributed by atoms with van der Waals surface area (Å²) in [4.78, 5) is 11.4. The third-order valence-corrected chi connectivity index (χ3v) is 2.91. The number of hydrogen-bond acceptors (Lipinski definition) is 2. The first-order valence-corrected chi connectivity index (χ1v) is 6.18. The molecule has 0 aromatic heterocycles. The SMILES string of the molecule is CCCCCC(=O)COCC1C=CC=C1C. The Morgan fingerprint density at radius 1 is 1.44 bits per heavy atom. The molecule has 90 valence electrons. The molecule has 0 aromatic carbocycles. The lowest BCUT2D eigenvalue weighted by molar-refractivity contribution is -0.123. The van der Waals surface area contributed by atoms with Crippen LogP contribution >= 0.6 is 0 Å². The summed E-state index contributed by atoms with van der Waals surface area (Å²) in [5.41, 5.74) is 1.32. The van der Waals surface area contributed by atoms with E-state index in [2.05, 4.69) is 26.0 Å². The Balaban J connectivity index is 2.04. The zero-order valence-electron chi connectivity index (χ0n) is 10.4. The maximum atomic E-state index is 11.4. The van der Waals surface area contributed by atoms with E-state index in [9.17, 15) is 4.79 Å². The number of allylic oxidation sites excluding steroid dienone is 2. The van der Waals surface area contributed by atoms with Gasteiger partial charge in [-0.3, -0.25) is 4.79 Å². The van der Waals surface area contributed by atoms with E-state index >= 15 is 0 Å². The Bertz CT molecular complexity index is 276. The standard InChI is InChI=1S/C14H22O2/c1-3-4-5-9-14(15)11-16-10-13-8-6-7-12(13)2/h6-8,13H,3-5,9-11H2,1-2H3. The molecule has 1 rings (SSSR count). The first-order valence-electron chi connectivity index (χ1n) is 6.18. The van der Waals surface area contributed by atoms with Gasteiger partial charge >= 0.3 is 0 Å². The van der Waals surface area contributed by atoms with Gasteiger partial charge in [0, 0.05) is 12.3 Å². The number of carbonyl (C=O) groups excluding carboxylic acids is 1. The van der Waals surface area contributed by atoms with E-state index in [-0.39, 0.29) is 12.4 Å². The summed E-state index contributed by atoms with van der Waals surface area (Å²) in [6.07, 6.45) is 10.2. The van der Waals surface area contributed by atoms with Crippen LogP contribution in [0.3, 0.4) is 0 Å². The van der Waals surface area contributed by atoms with Crippen LogP contribution in [0.15, 0.2) is 23.8 Å². The van der Waals surface area contributed by atoms with Crippen LogP contribution in [0.25, 0.3) is 0 Å². The van der Waals surface area contributed by atoms with Crippen LogP contribution in [0.2, 0.25) is 0 Å². The molecule has 0 bridgehead atoms. The molecule has 0 amide bonds. The fourth-order valence-corrected chi connectivity index (χ4v) is 1.75. The van der Waals surface area contributed by atoms with Crippen molar-refractivity contribution in [2.24, 2.45) is 5.92 Å².